The first-order valence-electron chi connectivity index (χ1n) is 14.0. The molecular formula is C28H36N4O7S2. The maximum Gasteiger partial charge on any atom is 0.308 e. The third-order valence-electron chi connectivity index (χ3n) is 8.07. The number of piperidine rings is 1. The summed E-state index contributed by atoms with van der Waals surface area (Å²) in [6.45, 7) is 7.05. The Bertz CT molecular complexity index is 1390. The Kier molecular flexibility index (Phi) is 9.09. The quantitative estimate of drug-likeness (QED) is 0.478. The van der Waals surface area contributed by atoms with Gasteiger partial charge in [0.25, 0.3) is 11.8 Å². The Morgan fingerprint density at radius 1 is 1.05 bits per heavy atom. The van der Waals surface area contributed by atoms with Gasteiger partial charge in [0.15, 0.2) is 0 Å². The number of sulfonamides is 1. The lowest BCUT2D eigenvalue weighted by molar-refractivity contribution is -0.146. The molecule has 2 fully saturated rings. The predicted octanol–water partition coefficient (Wildman–Crippen LogP) is 2.42. The predicted molar refractivity (Wildman–Crippen MR) is 154 cm³/mol. The van der Waals surface area contributed by atoms with Crippen molar-refractivity contribution in [2.45, 2.75) is 37.6 Å². The van der Waals surface area contributed by atoms with Gasteiger partial charge in [-0.25, -0.2) is 8.42 Å². The number of morpholine rings is 1. The number of thiophene rings is 1. The molecule has 4 heterocycles. The summed E-state index contributed by atoms with van der Waals surface area (Å²) < 4.78 is 38.0. The Hall–Kier alpha value is -2.84. The molecule has 1 N–H and O–H groups in total. The van der Waals surface area contributed by atoms with Crippen LogP contribution in [-0.2, 0) is 37.3 Å². The summed E-state index contributed by atoms with van der Waals surface area (Å²) in [5.41, 5.74) is 1.86. The molecule has 11 nitrogen and oxygen atoms in total. The number of ether oxygens (including phenoxy) is 2. The first-order valence-corrected chi connectivity index (χ1v) is 16.2. The minimum absolute atomic E-state index is 0.0833. The lowest BCUT2D eigenvalue weighted by Crippen LogP contribution is -2.41. The highest BCUT2D eigenvalue weighted by molar-refractivity contribution is 7.89. The number of esters is 1. The molecule has 0 unspecified atom stereocenters. The maximum absolute atomic E-state index is 13.6. The standard InChI is InChI=1S/C28H36N4O7S2/c1-3-30-11-10-22-23(18-30)40-26(24(22)27(34)31-14-16-39-17-15-31)29-25(33)19-4-6-21(7-5-19)41(36,37)32-12-8-20(9-13-32)28(35)38-2/h4-7,20H,3,8-18H2,1-2H3,(H,29,33). The second-order valence-electron chi connectivity index (χ2n) is 10.4. The number of carbonyl (C=O) groups is 3. The van der Waals surface area contributed by atoms with Crippen molar-refractivity contribution in [1.29, 1.82) is 0 Å². The van der Waals surface area contributed by atoms with Gasteiger partial charge in [-0.3, -0.25) is 19.3 Å². The molecule has 0 atom stereocenters. The summed E-state index contributed by atoms with van der Waals surface area (Å²) in [6.07, 6.45) is 1.54. The second-order valence-corrected chi connectivity index (χ2v) is 13.5. The molecule has 2 amide bonds. The zero-order valence-electron chi connectivity index (χ0n) is 23.4. The molecule has 0 radical (unpaired) electrons. The monoisotopic (exact) mass is 604 g/mol. The molecule has 1 aromatic carbocycles. The number of nitrogens with zero attached hydrogens (tertiary/aromatic N) is 3. The molecule has 222 valence electrons. The number of carbonyl (C=O) groups excluding carboxylic acids is 3. The van der Waals surface area contributed by atoms with E-state index < -0.39 is 15.9 Å². The number of hydrogen-bond donors (Lipinski definition) is 1. The molecule has 0 spiro atoms. The lowest BCUT2D eigenvalue weighted by atomic mass is 9.99. The van der Waals surface area contributed by atoms with Gasteiger partial charge in [-0.05, 0) is 55.6 Å². The number of fused-ring (bicyclic) bond motifs is 1. The third-order valence-corrected chi connectivity index (χ3v) is 11.1. The minimum atomic E-state index is -3.77. The number of rotatable bonds is 7. The van der Waals surface area contributed by atoms with Crippen LogP contribution in [0.2, 0.25) is 0 Å². The average molecular weight is 605 g/mol. The SMILES string of the molecule is CCN1CCc2c(sc(NC(=O)c3ccc(S(=O)(=O)N4CCC(C(=O)OC)CC4)cc3)c2C(=O)N2CCOCC2)C1. The fourth-order valence-corrected chi connectivity index (χ4v) is 8.31. The van der Waals surface area contributed by atoms with Crippen molar-refractivity contribution < 1.29 is 32.3 Å². The van der Waals surface area contributed by atoms with Crippen LogP contribution in [0.5, 0.6) is 0 Å². The largest absolute Gasteiger partial charge is 0.469 e. The summed E-state index contributed by atoms with van der Waals surface area (Å²) in [6, 6.07) is 5.82. The summed E-state index contributed by atoms with van der Waals surface area (Å²) in [5.74, 6) is -1.12. The zero-order valence-corrected chi connectivity index (χ0v) is 25.0. The normalized spacial score (nSPS) is 19.0. The van der Waals surface area contributed by atoms with Gasteiger partial charge < -0.3 is 19.7 Å². The van der Waals surface area contributed by atoms with Gasteiger partial charge >= 0.3 is 5.97 Å². The Morgan fingerprint density at radius 2 is 1.73 bits per heavy atom. The first kappa shape index (κ1) is 29.6. The van der Waals surface area contributed by atoms with E-state index >= 15 is 0 Å². The van der Waals surface area contributed by atoms with Crippen molar-refractivity contribution in [2.75, 3.05) is 64.9 Å². The Labute approximate surface area is 244 Å². The van der Waals surface area contributed by atoms with Gasteiger partial charge in [0.2, 0.25) is 10.0 Å². The van der Waals surface area contributed by atoms with Crippen molar-refractivity contribution >= 4 is 44.1 Å². The molecule has 2 saturated heterocycles. The summed E-state index contributed by atoms with van der Waals surface area (Å²) in [7, 11) is -2.44. The summed E-state index contributed by atoms with van der Waals surface area (Å²) in [4.78, 5) is 44.0. The fraction of sp³-hybridized carbons (Fsp3) is 0.536. The highest BCUT2D eigenvalue weighted by atomic mass is 32.2. The Balaban J connectivity index is 1.33. The first-order chi connectivity index (χ1) is 19.7. The molecule has 3 aliphatic heterocycles. The molecule has 0 aliphatic carbocycles. The van der Waals surface area contributed by atoms with Crippen LogP contribution >= 0.6 is 11.3 Å². The van der Waals surface area contributed by atoms with E-state index in [1.54, 1.807) is 4.90 Å². The Morgan fingerprint density at radius 3 is 2.37 bits per heavy atom. The van der Waals surface area contributed by atoms with Crippen LogP contribution in [0.25, 0.3) is 0 Å². The number of hydrogen-bond acceptors (Lipinski definition) is 9. The summed E-state index contributed by atoms with van der Waals surface area (Å²) in [5, 5.41) is 3.49. The number of benzene rings is 1. The number of likely N-dealkylation sites (N-methyl/N-ethyl adjacent to an activating group) is 1. The zero-order chi connectivity index (χ0) is 29.1. The third kappa shape index (κ3) is 6.19. The number of amides is 2. The van der Waals surface area contributed by atoms with Crippen LogP contribution < -0.4 is 5.32 Å². The smallest absolute Gasteiger partial charge is 0.308 e. The molecule has 3 aliphatic rings. The van der Waals surface area contributed by atoms with Crippen LogP contribution in [0.4, 0.5) is 5.00 Å². The highest BCUT2D eigenvalue weighted by Crippen LogP contribution is 2.38. The minimum Gasteiger partial charge on any atom is -0.469 e. The topological polar surface area (TPSA) is 126 Å². The molecule has 0 saturated carbocycles. The molecular weight excluding hydrogens is 568 g/mol. The van der Waals surface area contributed by atoms with Gasteiger partial charge in [-0.1, -0.05) is 6.92 Å². The number of methoxy groups -OCH3 is 1. The van der Waals surface area contributed by atoms with Gasteiger partial charge in [-0.2, -0.15) is 4.31 Å². The van der Waals surface area contributed by atoms with Crippen molar-refractivity contribution in [3.05, 3.63) is 45.8 Å². The van der Waals surface area contributed by atoms with Crippen LogP contribution in [0.1, 0.15) is 50.9 Å². The fourth-order valence-electron chi connectivity index (χ4n) is 5.57. The maximum atomic E-state index is 13.6. The van der Waals surface area contributed by atoms with Gasteiger partial charge in [0.05, 0.1) is 36.7 Å². The van der Waals surface area contributed by atoms with Crippen molar-refractivity contribution in [3.8, 4) is 0 Å². The van der Waals surface area contributed by atoms with E-state index in [1.165, 1.54) is 47.0 Å². The molecule has 5 rings (SSSR count). The highest BCUT2D eigenvalue weighted by Gasteiger charge is 2.34. The van der Waals surface area contributed by atoms with Crippen molar-refractivity contribution in [2.24, 2.45) is 5.92 Å². The van der Waals surface area contributed by atoms with Gasteiger partial charge in [-0.15, -0.1) is 11.3 Å². The van der Waals surface area contributed by atoms with Gasteiger partial charge in [0, 0.05) is 49.7 Å². The van der Waals surface area contributed by atoms with E-state index in [4.69, 9.17) is 9.47 Å². The van der Waals surface area contributed by atoms with E-state index in [1.807, 2.05) is 0 Å². The average Bonchev–Trinajstić information content (AvgIpc) is 3.37. The van der Waals surface area contributed by atoms with E-state index in [2.05, 4.69) is 17.1 Å². The molecule has 41 heavy (non-hydrogen) atoms. The molecule has 1 aromatic heterocycles. The van der Waals surface area contributed by atoms with Crippen molar-refractivity contribution in [3.63, 3.8) is 0 Å². The van der Waals surface area contributed by atoms with E-state index in [0.29, 0.717) is 55.3 Å². The van der Waals surface area contributed by atoms with E-state index in [0.717, 1.165) is 36.5 Å². The van der Waals surface area contributed by atoms with Gasteiger partial charge in [0.1, 0.15) is 5.00 Å². The molecule has 13 heteroatoms. The molecule has 2 aromatic rings. The van der Waals surface area contributed by atoms with E-state index in [9.17, 15) is 22.8 Å². The van der Waals surface area contributed by atoms with Crippen LogP contribution in [0.15, 0.2) is 29.2 Å². The van der Waals surface area contributed by atoms with Crippen molar-refractivity contribution in [1.82, 2.24) is 14.1 Å². The number of anilines is 1. The van der Waals surface area contributed by atoms with Crippen LogP contribution in [0.3, 0.4) is 0 Å². The molecule has 0 bridgehead atoms. The lowest BCUT2D eigenvalue weighted by Gasteiger charge is -2.29. The second kappa shape index (κ2) is 12.6. The van der Waals surface area contributed by atoms with E-state index in [-0.39, 0.29) is 35.8 Å². The van der Waals surface area contributed by atoms with Crippen LogP contribution in [-0.4, -0.2) is 99.9 Å². The number of nitrogens with one attached hydrogen (secondary N) is 1. The summed E-state index contributed by atoms with van der Waals surface area (Å²) >= 11 is 1.44. The van der Waals surface area contributed by atoms with Crippen LogP contribution in [0, 0.1) is 5.92 Å².